The van der Waals surface area contributed by atoms with Crippen LogP contribution in [0.15, 0.2) is 18.3 Å². The minimum Gasteiger partial charge on any atom is -0.367 e. The summed E-state index contributed by atoms with van der Waals surface area (Å²) in [6.07, 6.45) is 1.82. The summed E-state index contributed by atoms with van der Waals surface area (Å²) in [7, 11) is 0. The summed E-state index contributed by atoms with van der Waals surface area (Å²) >= 11 is 6.14. The fourth-order valence-corrected chi connectivity index (χ4v) is 2.73. The monoisotopic (exact) mass is 278 g/mol. The number of hydrogen-bond donors (Lipinski definition) is 1. The Morgan fingerprint density at radius 1 is 1.32 bits per heavy atom. The van der Waals surface area contributed by atoms with Crippen molar-refractivity contribution in [3.8, 4) is 0 Å². The number of nitrogens with one attached hydrogen (secondary N) is 1. The van der Waals surface area contributed by atoms with Crippen LogP contribution in [0.25, 0.3) is 10.9 Å². The van der Waals surface area contributed by atoms with E-state index in [1.807, 2.05) is 23.2 Å². The van der Waals surface area contributed by atoms with Gasteiger partial charge in [-0.25, -0.2) is 0 Å². The molecule has 3 rings (SSSR count). The number of aromatic nitrogens is 2. The van der Waals surface area contributed by atoms with Gasteiger partial charge in [0, 0.05) is 49.2 Å². The first-order valence-electron chi connectivity index (χ1n) is 6.28. The summed E-state index contributed by atoms with van der Waals surface area (Å²) in [6.45, 7) is 4.76. The van der Waals surface area contributed by atoms with E-state index in [9.17, 15) is 4.79 Å². The minimum atomic E-state index is 0.138. The van der Waals surface area contributed by atoms with Gasteiger partial charge in [-0.05, 0) is 12.1 Å². The number of anilines is 1. The number of H-pyrrole nitrogens is 1. The van der Waals surface area contributed by atoms with Gasteiger partial charge >= 0.3 is 0 Å². The van der Waals surface area contributed by atoms with E-state index in [0.717, 1.165) is 42.8 Å². The van der Waals surface area contributed by atoms with E-state index >= 15 is 0 Å². The van der Waals surface area contributed by atoms with Crippen molar-refractivity contribution in [1.82, 2.24) is 15.1 Å². The fourth-order valence-electron chi connectivity index (χ4n) is 2.52. The van der Waals surface area contributed by atoms with Crippen LogP contribution in [-0.4, -0.2) is 47.2 Å². The minimum absolute atomic E-state index is 0.138. The molecule has 1 saturated heterocycles. The molecule has 1 aliphatic rings. The van der Waals surface area contributed by atoms with Crippen molar-refractivity contribution >= 4 is 34.1 Å². The molecule has 1 N–H and O–H groups in total. The first kappa shape index (κ1) is 12.3. The second-order valence-electron chi connectivity index (χ2n) is 4.75. The molecule has 0 radical (unpaired) electrons. The van der Waals surface area contributed by atoms with Gasteiger partial charge in [0.15, 0.2) is 0 Å². The molecule has 1 aromatic carbocycles. The SMILES string of the molecule is CC(=O)N1CCN(c2cc(Cl)cc3[nH]ncc23)CC1. The lowest BCUT2D eigenvalue weighted by molar-refractivity contribution is -0.129. The summed E-state index contributed by atoms with van der Waals surface area (Å²) in [5.41, 5.74) is 2.02. The van der Waals surface area contributed by atoms with Gasteiger partial charge in [-0.1, -0.05) is 11.6 Å². The molecule has 2 heterocycles. The van der Waals surface area contributed by atoms with Crippen molar-refractivity contribution in [1.29, 1.82) is 0 Å². The zero-order chi connectivity index (χ0) is 13.4. The summed E-state index contributed by atoms with van der Waals surface area (Å²) in [5, 5.41) is 8.77. The summed E-state index contributed by atoms with van der Waals surface area (Å²) < 4.78 is 0. The van der Waals surface area contributed by atoms with Gasteiger partial charge in [-0.15, -0.1) is 0 Å². The molecule has 1 fully saturated rings. The number of nitrogens with zero attached hydrogens (tertiary/aromatic N) is 3. The molecule has 6 heteroatoms. The highest BCUT2D eigenvalue weighted by Crippen LogP contribution is 2.30. The number of benzene rings is 1. The van der Waals surface area contributed by atoms with Gasteiger partial charge < -0.3 is 9.80 Å². The lowest BCUT2D eigenvalue weighted by Gasteiger charge is -2.36. The van der Waals surface area contributed by atoms with E-state index in [4.69, 9.17) is 11.6 Å². The quantitative estimate of drug-likeness (QED) is 0.867. The molecule has 100 valence electrons. The molecule has 1 amide bonds. The Hall–Kier alpha value is -1.75. The lowest BCUT2D eigenvalue weighted by atomic mass is 10.2. The molecule has 5 nitrogen and oxygen atoms in total. The molecule has 0 aliphatic carbocycles. The van der Waals surface area contributed by atoms with Gasteiger partial charge in [-0.2, -0.15) is 5.10 Å². The van der Waals surface area contributed by atoms with Gasteiger partial charge in [0.05, 0.1) is 11.7 Å². The van der Waals surface area contributed by atoms with Crippen molar-refractivity contribution in [2.24, 2.45) is 0 Å². The number of fused-ring (bicyclic) bond motifs is 1. The van der Waals surface area contributed by atoms with Crippen molar-refractivity contribution in [2.45, 2.75) is 6.92 Å². The predicted molar refractivity (Wildman–Crippen MR) is 75.6 cm³/mol. The van der Waals surface area contributed by atoms with Crippen molar-refractivity contribution in [3.63, 3.8) is 0 Å². The molecular formula is C13H15ClN4O. The third kappa shape index (κ3) is 2.26. The van der Waals surface area contributed by atoms with E-state index in [-0.39, 0.29) is 5.91 Å². The van der Waals surface area contributed by atoms with Crippen molar-refractivity contribution in [2.75, 3.05) is 31.1 Å². The maximum absolute atomic E-state index is 11.3. The number of aromatic amines is 1. The molecule has 0 unspecified atom stereocenters. The Bertz CT molecular complexity index is 616. The number of rotatable bonds is 1. The number of hydrogen-bond acceptors (Lipinski definition) is 3. The smallest absolute Gasteiger partial charge is 0.219 e. The Balaban J connectivity index is 1.89. The van der Waals surface area contributed by atoms with Crippen LogP contribution in [0.4, 0.5) is 5.69 Å². The topological polar surface area (TPSA) is 52.2 Å². The number of amides is 1. The normalized spacial score (nSPS) is 16.1. The van der Waals surface area contributed by atoms with E-state index in [1.165, 1.54) is 0 Å². The van der Waals surface area contributed by atoms with Crippen LogP contribution in [-0.2, 0) is 4.79 Å². The van der Waals surface area contributed by atoms with Crippen molar-refractivity contribution in [3.05, 3.63) is 23.4 Å². The molecule has 0 saturated carbocycles. The zero-order valence-corrected chi connectivity index (χ0v) is 11.4. The summed E-state index contributed by atoms with van der Waals surface area (Å²) in [5.74, 6) is 0.138. The first-order valence-corrected chi connectivity index (χ1v) is 6.66. The standard InChI is InChI=1S/C13H15ClN4O/c1-9(19)17-2-4-18(5-3-17)13-7-10(14)6-12-11(13)8-15-16-12/h6-8H,2-5H2,1H3,(H,15,16). The highest BCUT2D eigenvalue weighted by molar-refractivity contribution is 6.31. The molecule has 1 aliphatic heterocycles. The van der Waals surface area contributed by atoms with Crippen molar-refractivity contribution < 1.29 is 4.79 Å². The van der Waals surface area contributed by atoms with E-state index in [1.54, 1.807) is 6.92 Å². The second kappa shape index (κ2) is 4.74. The third-order valence-corrected chi connectivity index (χ3v) is 3.79. The molecule has 0 atom stereocenters. The van der Waals surface area contributed by atoms with E-state index in [0.29, 0.717) is 5.02 Å². The van der Waals surface area contributed by atoms with Crippen LogP contribution >= 0.6 is 11.6 Å². The van der Waals surface area contributed by atoms with Crippen LogP contribution in [0, 0.1) is 0 Å². The van der Waals surface area contributed by atoms with Crippen LogP contribution in [0.5, 0.6) is 0 Å². The Morgan fingerprint density at radius 2 is 2.05 bits per heavy atom. The van der Waals surface area contributed by atoms with Crippen LogP contribution in [0.2, 0.25) is 5.02 Å². The molecule has 0 bridgehead atoms. The van der Waals surface area contributed by atoms with Gasteiger partial charge in [0.1, 0.15) is 0 Å². The van der Waals surface area contributed by atoms with Gasteiger partial charge in [0.2, 0.25) is 5.91 Å². The second-order valence-corrected chi connectivity index (χ2v) is 5.19. The zero-order valence-electron chi connectivity index (χ0n) is 10.7. The van der Waals surface area contributed by atoms with Crippen LogP contribution in [0.1, 0.15) is 6.92 Å². The molecule has 19 heavy (non-hydrogen) atoms. The van der Waals surface area contributed by atoms with Gasteiger partial charge in [0.25, 0.3) is 0 Å². The number of piperazine rings is 1. The van der Waals surface area contributed by atoms with Crippen LogP contribution < -0.4 is 4.90 Å². The molecule has 0 spiro atoms. The highest BCUT2D eigenvalue weighted by atomic mass is 35.5. The van der Waals surface area contributed by atoms with Crippen LogP contribution in [0.3, 0.4) is 0 Å². The average Bonchev–Trinajstić information content (AvgIpc) is 2.85. The Morgan fingerprint density at radius 3 is 2.74 bits per heavy atom. The van der Waals surface area contributed by atoms with Gasteiger partial charge in [-0.3, -0.25) is 9.89 Å². The molecular weight excluding hydrogens is 264 g/mol. The number of carbonyl (C=O) groups excluding carboxylic acids is 1. The summed E-state index contributed by atoms with van der Waals surface area (Å²) in [6, 6.07) is 3.84. The summed E-state index contributed by atoms with van der Waals surface area (Å²) in [4.78, 5) is 15.5. The van der Waals surface area contributed by atoms with E-state index in [2.05, 4.69) is 15.1 Å². The fraction of sp³-hybridized carbons (Fsp3) is 0.385. The number of carbonyl (C=O) groups is 1. The predicted octanol–water partition coefficient (Wildman–Crippen LogP) is 1.88. The third-order valence-electron chi connectivity index (χ3n) is 3.57. The van der Waals surface area contributed by atoms with E-state index < -0.39 is 0 Å². The Kier molecular flexibility index (Phi) is 3.06. The maximum Gasteiger partial charge on any atom is 0.219 e. The Labute approximate surface area is 116 Å². The highest BCUT2D eigenvalue weighted by Gasteiger charge is 2.20. The largest absolute Gasteiger partial charge is 0.367 e. The first-order chi connectivity index (χ1) is 9.15. The molecule has 2 aromatic rings. The molecule has 1 aromatic heterocycles. The lowest BCUT2D eigenvalue weighted by Crippen LogP contribution is -2.48. The number of halogens is 1. The average molecular weight is 279 g/mol. The maximum atomic E-state index is 11.3.